The van der Waals surface area contributed by atoms with E-state index in [9.17, 15) is 4.39 Å². The topological polar surface area (TPSA) is 53.4 Å². The Morgan fingerprint density at radius 3 is 2.67 bits per heavy atom. The number of benzene rings is 1. The number of halogens is 1. The summed E-state index contributed by atoms with van der Waals surface area (Å²) in [6, 6.07) is 7.23. The molecule has 0 aliphatic heterocycles. The molecule has 0 unspecified atom stereocenters. The van der Waals surface area contributed by atoms with Crippen molar-refractivity contribution >= 4 is 33.6 Å². The molecule has 2 aromatic heterocycles. The van der Waals surface area contributed by atoms with Crippen LogP contribution in [0.1, 0.15) is 36.8 Å². The summed E-state index contributed by atoms with van der Waals surface area (Å²) in [5.74, 6) is 0.414. The monoisotopic (exact) mass is 385 g/mol. The van der Waals surface area contributed by atoms with E-state index in [4.69, 9.17) is 0 Å². The molecule has 1 N–H and O–H groups in total. The van der Waals surface area contributed by atoms with E-state index in [1.807, 2.05) is 25.1 Å². The summed E-state index contributed by atoms with van der Waals surface area (Å²) in [6.45, 7) is 7.08. The molecule has 0 saturated carbocycles. The second-order valence-corrected chi connectivity index (χ2v) is 8.79. The zero-order chi connectivity index (χ0) is 19.6. The van der Waals surface area contributed by atoms with Gasteiger partial charge < -0.3 is 4.90 Å². The molecule has 0 amide bonds. The molecular weight excluding hydrogens is 361 g/mol. The Bertz CT molecular complexity index is 972. The summed E-state index contributed by atoms with van der Waals surface area (Å²) in [5, 5.41) is 5.17. The van der Waals surface area contributed by atoms with Gasteiger partial charge in [-0.05, 0) is 37.2 Å². The highest BCUT2D eigenvalue weighted by Gasteiger charge is 2.18. The fraction of sp³-hybridized carbons (Fsp3) is 0.350. The first-order chi connectivity index (χ1) is 12.7. The quantitative estimate of drug-likeness (QED) is 0.514. The van der Waals surface area contributed by atoms with Gasteiger partial charge in [0.2, 0.25) is 0 Å². The van der Waals surface area contributed by atoms with Gasteiger partial charge in [-0.25, -0.2) is 14.4 Å². The normalized spacial score (nSPS) is 12.4. The highest BCUT2D eigenvalue weighted by atomic mass is 32.1. The highest BCUT2D eigenvalue weighted by Crippen LogP contribution is 2.35. The third-order valence-corrected chi connectivity index (χ3v) is 5.49. The van der Waals surface area contributed by atoms with Crippen LogP contribution in [0.25, 0.3) is 10.2 Å². The van der Waals surface area contributed by atoms with Gasteiger partial charge >= 0.3 is 0 Å². The molecule has 0 radical (unpaired) electrons. The van der Waals surface area contributed by atoms with Crippen LogP contribution >= 0.6 is 11.3 Å². The molecule has 0 fully saturated rings. The minimum atomic E-state index is -0.232. The van der Waals surface area contributed by atoms with Crippen molar-refractivity contribution in [2.24, 2.45) is 5.10 Å². The molecule has 27 heavy (non-hydrogen) atoms. The summed E-state index contributed by atoms with van der Waals surface area (Å²) in [6.07, 6.45) is 3.12. The number of nitrogens with one attached hydrogen (secondary N) is 1. The van der Waals surface area contributed by atoms with Crippen LogP contribution in [0.15, 0.2) is 35.7 Å². The largest absolute Gasteiger partial charge is 0.305 e. The first kappa shape index (κ1) is 19.4. The Labute approximate surface area is 163 Å². The summed E-state index contributed by atoms with van der Waals surface area (Å²) in [4.78, 5) is 12.7. The Balaban J connectivity index is 1.78. The molecule has 0 atom stereocenters. The molecule has 7 heteroatoms. The summed E-state index contributed by atoms with van der Waals surface area (Å²) in [7, 11) is 3.83. The van der Waals surface area contributed by atoms with Gasteiger partial charge in [0.25, 0.3) is 0 Å². The molecule has 0 bridgehead atoms. The number of hydrazone groups is 1. The predicted octanol–water partition coefficient (Wildman–Crippen LogP) is 4.64. The van der Waals surface area contributed by atoms with Crippen molar-refractivity contribution in [1.29, 1.82) is 0 Å². The van der Waals surface area contributed by atoms with Gasteiger partial charge in [-0.15, -0.1) is 11.3 Å². The van der Waals surface area contributed by atoms with Gasteiger partial charge in [0.15, 0.2) is 5.82 Å². The lowest BCUT2D eigenvalue weighted by Crippen LogP contribution is -2.12. The van der Waals surface area contributed by atoms with Crippen LogP contribution in [-0.2, 0) is 12.0 Å². The predicted molar refractivity (Wildman–Crippen MR) is 111 cm³/mol. The van der Waals surface area contributed by atoms with Gasteiger partial charge in [0.1, 0.15) is 17.0 Å². The van der Waals surface area contributed by atoms with Gasteiger partial charge in [-0.3, -0.25) is 5.43 Å². The minimum absolute atomic E-state index is 0.0533. The number of nitrogens with zero attached hydrogens (tertiary/aromatic N) is 4. The van der Waals surface area contributed by atoms with E-state index in [0.29, 0.717) is 23.5 Å². The van der Waals surface area contributed by atoms with Crippen molar-refractivity contribution in [2.75, 3.05) is 19.5 Å². The van der Waals surface area contributed by atoms with Gasteiger partial charge in [0.05, 0.1) is 11.6 Å². The first-order valence-corrected chi connectivity index (χ1v) is 9.53. The fourth-order valence-corrected chi connectivity index (χ4v) is 3.65. The summed E-state index contributed by atoms with van der Waals surface area (Å²) >= 11 is 1.66. The molecule has 0 aliphatic rings. The fourth-order valence-electron chi connectivity index (χ4n) is 2.59. The van der Waals surface area contributed by atoms with E-state index in [-0.39, 0.29) is 11.2 Å². The lowest BCUT2D eigenvalue weighted by atomic mass is 9.94. The van der Waals surface area contributed by atoms with Gasteiger partial charge in [0, 0.05) is 17.0 Å². The maximum atomic E-state index is 14.2. The molecule has 0 aliphatic carbocycles. The highest BCUT2D eigenvalue weighted by molar-refractivity contribution is 7.18. The summed E-state index contributed by atoms with van der Waals surface area (Å²) < 4.78 is 14.2. The number of anilines is 1. The number of hydrogen-bond acceptors (Lipinski definition) is 6. The summed E-state index contributed by atoms with van der Waals surface area (Å²) in [5.41, 5.74) is 4.37. The third kappa shape index (κ3) is 4.67. The van der Waals surface area contributed by atoms with Crippen LogP contribution in [0.3, 0.4) is 0 Å². The van der Waals surface area contributed by atoms with Gasteiger partial charge in [-0.1, -0.05) is 32.9 Å². The van der Waals surface area contributed by atoms with E-state index in [1.54, 1.807) is 23.6 Å². The number of fused-ring (bicyclic) bond motifs is 1. The lowest BCUT2D eigenvalue weighted by Gasteiger charge is -2.14. The molecular formula is C20H24FN5S. The molecule has 142 valence electrons. The molecule has 3 rings (SSSR count). The van der Waals surface area contributed by atoms with Crippen molar-refractivity contribution in [3.8, 4) is 0 Å². The van der Waals surface area contributed by atoms with E-state index >= 15 is 0 Å². The van der Waals surface area contributed by atoms with E-state index in [0.717, 1.165) is 10.2 Å². The Morgan fingerprint density at radius 1 is 1.22 bits per heavy atom. The molecule has 3 aromatic rings. The SMILES string of the molecule is CN(C)Cc1ccc(C=NNc2ncnc3sc(C(C)(C)C)cc23)cc1F. The zero-order valence-electron chi connectivity index (χ0n) is 16.2. The molecule has 1 aromatic carbocycles. The number of hydrogen-bond donors (Lipinski definition) is 1. The van der Waals surface area contributed by atoms with Crippen LogP contribution in [0.5, 0.6) is 0 Å². The van der Waals surface area contributed by atoms with Crippen molar-refractivity contribution in [1.82, 2.24) is 14.9 Å². The van der Waals surface area contributed by atoms with Gasteiger partial charge in [-0.2, -0.15) is 5.10 Å². The second kappa shape index (κ2) is 7.70. The van der Waals surface area contributed by atoms with Crippen LogP contribution < -0.4 is 5.43 Å². The van der Waals surface area contributed by atoms with Crippen molar-refractivity contribution < 1.29 is 4.39 Å². The Hall–Kier alpha value is -2.38. The average molecular weight is 386 g/mol. The molecule has 5 nitrogen and oxygen atoms in total. The minimum Gasteiger partial charge on any atom is -0.305 e. The molecule has 0 saturated heterocycles. The van der Waals surface area contributed by atoms with Crippen LogP contribution in [0, 0.1) is 5.82 Å². The number of thiophene rings is 1. The standard InChI is InChI=1S/C20H24FN5S/c1-20(2,3)17-9-15-18(22-12-23-19(15)27-17)25-24-10-13-6-7-14(11-26(4)5)16(21)8-13/h6-10,12H,11H2,1-5H3,(H,22,23,25). The Morgan fingerprint density at radius 2 is 2.00 bits per heavy atom. The van der Waals surface area contributed by atoms with E-state index < -0.39 is 0 Å². The van der Waals surface area contributed by atoms with Crippen LogP contribution in [0.2, 0.25) is 0 Å². The first-order valence-electron chi connectivity index (χ1n) is 8.71. The third-order valence-electron chi connectivity index (χ3n) is 4.02. The van der Waals surface area contributed by atoms with E-state index in [2.05, 4.69) is 47.3 Å². The number of aromatic nitrogens is 2. The van der Waals surface area contributed by atoms with E-state index in [1.165, 1.54) is 17.3 Å². The average Bonchev–Trinajstić information content (AvgIpc) is 3.02. The lowest BCUT2D eigenvalue weighted by molar-refractivity contribution is 0.392. The smallest absolute Gasteiger partial charge is 0.158 e. The maximum Gasteiger partial charge on any atom is 0.158 e. The van der Waals surface area contributed by atoms with Crippen LogP contribution in [0.4, 0.5) is 10.2 Å². The maximum absolute atomic E-state index is 14.2. The van der Waals surface area contributed by atoms with Crippen molar-refractivity contribution in [3.63, 3.8) is 0 Å². The number of rotatable bonds is 5. The molecule has 2 heterocycles. The molecule has 0 spiro atoms. The van der Waals surface area contributed by atoms with Crippen molar-refractivity contribution in [2.45, 2.75) is 32.7 Å². The Kier molecular flexibility index (Phi) is 5.53. The second-order valence-electron chi connectivity index (χ2n) is 7.76. The van der Waals surface area contributed by atoms with Crippen LogP contribution in [-0.4, -0.2) is 35.2 Å². The van der Waals surface area contributed by atoms with Crippen molar-refractivity contribution in [3.05, 3.63) is 52.4 Å². The zero-order valence-corrected chi connectivity index (χ0v) is 17.1.